The Labute approximate surface area is 62.0 Å². The van der Waals surface area contributed by atoms with Crippen LogP contribution in [0.2, 0.25) is 0 Å². The van der Waals surface area contributed by atoms with Gasteiger partial charge in [-0.05, 0) is 13.3 Å². The molecule has 0 spiro atoms. The van der Waals surface area contributed by atoms with Gasteiger partial charge in [-0.2, -0.15) is 0 Å². The molecule has 0 aromatic rings. The lowest BCUT2D eigenvalue weighted by Gasteiger charge is -2.26. The normalized spacial score (nSPS) is 19.1. The van der Waals surface area contributed by atoms with Crippen molar-refractivity contribution in [2.24, 2.45) is 5.73 Å². The quantitative estimate of drug-likeness (QED) is 0.569. The summed E-state index contributed by atoms with van der Waals surface area (Å²) in [5.74, 6) is 0. The van der Waals surface area contributed by atoms with Gasteiger partial charge in [-0.1, -0.05) is 12.2 Å². The van der Waals surface area contributed by atoms with E-state index in [2.05, 4.69) is 13.2 Å². The van der Waals surface area contributed by atoms with E-state index in [-0.39, 0.29) is 6.04 Å². The second-order valence-corrected chi connectivity index (χ2v) is 2.48. The van der Waals surface area contributed by atoms with Crippen molar-refractivity contribution < 1.29 is 5.11 Å². The van der Waals surface area contributed by atoms with Crippen molar-refractivity contribution in [3.8, 4) is 0 Å². The van der Waals surface area contributed by atoms with Crippen LogP contribution in [-0.4, -0.2) is 16.7 Å². The Kier molecular flexibility index (Phi) is 3.33. The molecule has 0 heterocycles. The topological polar surface area (TPSA) is 46.2 Å². The molecular weight excluding hydrogens is 126 g/mol. The van der Waals surface area contributed by atoms with Crippen LogP contribution < -0.4 is 5.73 Å². The van der Waals surface area contributed by atoms with E-state index in [1.807, 2.05) is 0 Å². The lowest BCUT2D eigenvalue weighted by atomic mass is 9.93. The van der Waals surface area contributed by atoms with Gasteiger partial charge in [-0.25, -0.2) is 0 Å². The largest absolute Gasteiger partial charge is 0.384 e. The van der Waals surface area contributed by atoms with Crippen LogP contribution in [0.15, 0.2) is 25.3 Å². The van der Waals surface area contributed by atoms with E-state index < -0.39 is 5.60 Å². The molecule has 3 N–H and O–H groups in total. The van der Waals surface area contributed by atoms with Crippen molar-refractivity contribution in [2.45, 2.75) is 25.0 Å². The van der Waals surface area contributed by atoms with Crippen LogP contribution in [0, 0.1) is 0 Å². The fourth-order valence-electron chi connectivity index (χ4n) is 0.686. The van der Waals surface area contributed by atoms with Crippen LogP contribution >= 0.6 is 0 Å². The average Bonchev–Trinajstić information content (AvgIpc) is 1.88. The second kappa shape index (κ2) is 3.54. The fourth-order valence-corrected chi connectivity index (χ4v) is 0.686. The average molecular weight is 141 g/mol. The van der Waals surface area contributed by atoms with Gasteiger partial charge in [-0.15, -0.1) is 13.2 Å². The molecule has 0 saturated heterocycles. The van der Waals surface area contributed by atoms with E-state index in [9.17, 15) is 5.11 Å². The highest BCUT2D eigenvalue weighted by atomic mass is 16.3. The Balaban J connectivity index is 4.21. The summed E-state index contributed by atoms with van der Waals surface area (Å²) in [5, 5.41) is 9.58. The summed E-state index contributed by atoms with van der Waals surface area (Å²) in [7, 11) is 0. The summed E-state index contributed by atoms with van der Waals surface area (Å²) in [6.45, 7) is 8.75. The number of aliphatic hydroxyl groups is 1. The molecule has 0 saturated carbocycles. The van der Waals surface area contributed by atoms with Gasteiger partial charge in [0.15, 0.2) is 0 Å². The smallest absolute Gasteiger partial charge is 0.101 e. The van der Waals surface area contributed by atoms with Crippen LogP contribution in [0.4, 0.5) is 0 Å². The Hall–Kier alpha value is -0.600. The van der Waals surface area contributed by atoms with Crippen LogP contribution in [-0.2, 0) is 0 Å². The van der Waals surface area contributed by atoms with Gasteiger partial charge in [0.2, 0.25) is 0 Å². The van der Waals surface area contributed by atoms with E-state index >= 15 is 0 Å². The van der Waals surface area contributed by atoms with Crippen LogP contribution in [0.25, 0.3) is 0 Å². The summed E-state index contributed by atoms with van der Waals surface area (Å²) in [6, 6.07) is -0.303. The molecule has 0 aliphatic rings. The standard InChI is InChI=1S/C8H15NO/c1-4-6-8(10,5-2)7(3)9/h4-5,7,10H,1-2,6,9H2,3H3. The Bertz CT molecular complexity index is 131. The maximum atomic E-state index is 9.58. The lowest BCUT2D eigenvalue weighted by Crippen LogP contribution is -2.43. The lowest BCUT2D eigenvalue weighted by molar-refractivity contribution is 0.0722. The van der Waals surface area contributed by atoms with Gasteiger partial charge in [0.25, 0.3) is 0 Å². The molecule has 2 unspecified atom stereocenters. The summed E-state index contributed by atoms with van der Waals surface area (Å²) in [5.41, 5.74) is 4.51. The predicted molar refractivity (Wildman–Crippen MR) is 43.6 cm³/mol. The van der Waals surface area contributed by atoms with E-state index in [0.29, 0.717) is 6.42 Å². The van der Waals surface area contributed by atoms with Crippen LogP contribution in [0.3, 0.4) is 0 Å². The highest BCUT2D eigenvalue weighted by Gasteiger charge is 2.25. The molecule has 2 atom stereocenters. The highest BCUT2D eigenvalue weighted by molar-refractivity contribution is 5.04. The van der Waals surface area contributed by atoms with Crippen molar-refractivity contribution in [1.29, 1.82) is 0 Å². The number of rotatable bonds is 4. The van der Waals surface area contributed by atoms with E-state index in [1.165, 1.54) is 6.08 Å². The van der Waals surface area contributed by atoms with Gasteiger partial charge in [0.05, 0.1) is 0 Å². The molecule has 2 heteroatoms. The molecule has 2 nitrogen and oxygen atoms in total. The summed E-state index contributed by atoms with van der Waals surface area (Å²) >= 11 is 0. The molecule has 0 radical (unpaired) electrons. The zero-order valence-electron chi connectivity index (χ0n) is 6.38. The van der Waals surface area contributed by atoms with Crippen LogP contribution in [0.5, 0.6) is 0 Å². The fraction of sp³-hybridized carbons (Fsp3) is 0.500. The second-order valence-electron chi connectivity index (χ2n) is 2.48. The van der Waals surface area contributed by atoms with Crippen molar-refractivity contribution >= 4 is 0 Å². The minimum absolute atomic E-state index is 0.303. The van der Waals surface area contributed by atoms with Crippen molar-refractivity contribution in [2.75, 3.05) is 0 Å². The first-order valence-corrected chi connectivity index (χ1v) is 3.29. The molecule has 58 valence electrons. The van der Waals surface area contributed by atoms with Gasteiger partial charge in [0, 0.05) is 6.04 Å². The molecule has 0 rings (SSSR count). The maximum absolute atomic E-state index is 9.58. The molecule has 10 heavy (non-hydrogen) atoms. The van der Waals surface area contributed by atoms with E-state index in [0.717, 1.165) is 0 Å². The van der Waals surface area contributed by atoms with Gasteiger partial charge >= 0.3 is 0 Å². The summed E-state index contributed by atoms with van der Waals surface area (Å²) < 4.78 is 0. The van der Waals surface area contributed by atoms with Gasteiger partial charge < -0.3 is 10.8 Å². The molecule has 0 aliphatic heterocycles. The molecule has 0 aromatic heterocycles. The predicted octanol–water partition coefficient (Wildman–Crippen LogP) is 0.827. The first-order valence-electron chi connectivity index (χ1n) is 3.29. The van der Waals surface area contributed by atoms with Crippen molar-refractivity contribution in [3.05, 3.63) is 25.3 Å². The molecular formula is C8H15NO. The number of hydrogen-bond acceptors (Lipinski definition) is 2. The zero-order chi connectivity index (χ0) is 8.20. The van der Waals surface area contributed by atoms with E-state index in [4.69, 9.17) is 5.73 Å². The minimum atomic E-state index is -0.984. The molecule has 0 aromatic carbocycles. The Morgan fingerprint density at radius 2 is 2.20 bits per heavy atom. The third-order valence-electron chi connectivity index (χ3n) is 1.61. The first-order chi connectivity index (χ1) is 4.56. The minimum Gasteiger partial charge on any atom is -0.384 e. The highest BCUT2D eigenvalue weighted by Crippen LogP contribution is 2.15. The monoisotopic (exact) mass is 141 g/mol. The van der Waals surface area contributed by atoms with Crippen LogP contribution in [0.1, 0.15) is 13.3 Å². The zero-order valence-corrected chi connectivity index (χ0v) is 6.38. The van der Waals surface area contributed by atoms with Crippen molar-refractivity contribution in [1.82, 2.24) is 0 Å². The van der Waals surface area contributed by atoms with E-state index in [1.54, 1.807) is 13.0 Å². The Morgan fingerprint density at radius 3 is 2.30 bits per heavy atom. The third kappa shape index (κ3) is 1.97. The Morgan fingerprint density at radius 1 is 1.70 bits per heavy atom. The van der Waals surface area contributed by atoms with Gasteiger partial charge in [-0.3, -0.25) is 0 Å². The molecule has 0 aliphatic carbocycles. The van der Waals surface area contributed by atoms with Crippen molar-refractivity contribution in [3.63, 3.8) is 0 Å². The SMILES string of the molecule is C=CCC(O)(C=C)C(C)N. The number of nitrogens with two attached hydrogens (primary N) is 1. The van der Waals surface area contributed by atoms with Gasteiger partial charge in [0.1, 0.15) is 5.60 Å². The third-order valence-corrected chi connectivity index (χ3v) is 1.61. The molecule has 0 amide bonds. The molecule has 0 fully saturated rings. The summed E-state index contributed by atoms with van der Waals surface area (Å²) in [6.07, 6.45) is 3.54. The molecule has 0 bridgehead atoms. The number of hydrogen-bond donors (Lipinski definition) is 2. The first kappa shape index (κ1) is 9.40. The summed E-state index contributed by atoms with van der Waals surface area (Å²) in [4.78, 5) is 0. The maximum Gasteiger partial charge on any atom is 0.101 e.